The highest BCUT2D eigenvalue weighted by Crippen LogP contribution is 2.31. The van der Waals surface area contributed by atoms with E-state index >= 15 is 0 Å². The van der Waals surface area contributed by atoms with Crippen molar-refractivity contribution >= 4 is 44.5 Å². The van der Waals surface area contributed by atoms with Crippen LogP contribution in [0.4, 0.5) is 22.7 Å². The lowest BCUT2D eigenvalue weighted by atomic mass is 10.1. The molecule has 13 heteroatoms. The van der Waals surface area contributed by atoms with Crippen molar-refractivity contribution in [2.24, 2.45) is 10.2 Å². The van der Waals surface area contributed by atoms with Crippen LogP contribution >= 0.6 is 0 Å². The minimum Gasteiger partial charge on any atom is -0.464 e. The molecule has 0 atom stereocenters. The Kier molecular flexibility index (Phi) is 9.40. The summed E-state index contributed by atoms with van der Waals surface area (Å²) < 4.78 is 34.2. The lowest BCUT2D eigenvalue weighted by molar-refractivity contribution is -0.385. The highest BCUT2D eigenvalue weighted by Gasteiger charge is 2.18. The maximum atomic E-state index is 12.1. The molecule has 188 valence electrons. The number of nitro benzene ring substituents is 1. The third kappa shape index (κ3) is 8.45. The number of carbonyl (C=O) groups is 2. The second kappa shape index (κ2) is 12.0. The monoisotopic (exact) mass is 506 g/mol. The van der Waals surface area contributed by atoms with Crippen molar-refractivity contribution in [1.82, 2.24) is 0 Å². The van der Waals surface area contributed by atoms with Crippen molar-refractivity contribution < 1.29 is 32.4 Å². The third-order valence-corrected chi connectivity index (χ3v) is 5.82. The molecule has 0 aliphatic carbocycles. The Balaban J connectivity index is 2.30. The highest BCUT2D eigenvalue weighted by atomic mass is 32.2. The molecule has 0 radical (unpaired) electrons. The van der Waals surface area contributed by atoms with Gasteiger partial charge in [0.2, 0.25) is 0 Å². The molecule has 0 saturated heterocycles. The van der Waals surface area contributed by atoms with Gasteiger partial charge in [-0.2, -0.15) is 5.11 Å². The van der Waals surface area contributed by atoms with E-state index in [-0.39, 0.29) is 29.5 Å². The molecule has 2 aromatic carbocycles. The van der Waals surface area contributed by atoms with Crippen molar-refractivity contribution in [2.45, 2.75) is 25.7 Å². The van der Waals surface area contributed by atoms with Crippen molar-refractivity contribution in [2.75, 3.05) is 37.5 Å². The van der Waals surface area contributed by atoms with Crippen LogP contribution in [0.5, 0.6) is 0 Å². The number of hydrogen-bond donors (Lipinski definition) is 0. The molecule has 0 aromatic heterocycles. The Morgan fingerprint density at radius 1 is 0.971 bits per heavy atom. The largest absolute Gasteiger partial charge is 0.464 e. The summed E-state index contributed by atoms with van der Waals surface area (Å²) in [5, 5.41) is 19.1. The standard InChI is InChI=1S/C22H26N4O8S/c1-15-13-18(25(9-11-33-16(2)27)10-12-34-17(3)28)5-7-20(15)23-24-21-8-6-19(26(29)30)14-22(21)35(4,31)32/h5-8,13-14H,9-12H2,1-4H3. The smallest absolute Gasteiger partial charge is 0.302 e. The SMILES string of the molecule is CC(=O)OCCN(CCOC(C)=O)c1ccc(N=Nc2ccc([N+](=O)[O-])cc2S(C)(=O)=O)c(C)c1. The molecule has 0 N–H and O–H groups in total. The van der Waals surface area contributed by atoms with Gasteiger partial charge in [0.15, 0.2) is 9.84 Å². The van der Waals surface area contributed by atoms with Gasteiger partial charge in [0, 0.05) is 37.9 Å². The van der Waals surface area contributed by atoms with Gasteiger partial charge in [0.1, 0.15) is 23.8 Å². The molecule has 0 fully saturated rings. The average Bonchev–Trinajstić information content (AvgIpc) is 2.76. The number of non-ortho nitro benzene ring substituents is 1. The van der Waals surface area contributed by atoms with E-state index in [2.05, 4.69) is 10.2 Å². The van der Waals surface area contributed by atoms with Crippen LogP contribution in [0.15, 0.2) is 51.5 Å². The van der Waals surface area contributed by atoms with Gasteiger partial charge >= 0.3 is 11.9 Å². The Morgan fingerprint density at radius 2 is 1.51 bits per heavy atom. The van der Waals surface area contributed by atoms with Crippen molar-refractivity contribution in [1.29, 1.82) is 0 Å². The lowest BCUT2D eigenvalue weighted by Gasteiger charge is -2.25. The first-order valence-corrected chi connectivity index (χ1v) is 12.3. The minimum absolute atomic E-state index is 0.0223. The molecular formula is C22H26N4O8S. The van der Waals surface area contributed by atoms with Gasteiger partial charge < -0.3 is 14.4 Å². The van der Waals surface area contributed by atoms with Crippen LogP contribution in [0.25, 0.3) is 0 Å². The van der Waals surface area contributed by atoms with Crippen LogP contribution in [0.1, 0.15) is 19.4 Å². The van der Waals surface area contributed by atoms with Crippen LogP contribution in [0.3, 0.4) is 0 Å². The molecule has 0 amide bonds. The van der Waals surface area contributed by atoms with Crippen molar-refractivity contribution in [3.8, 4) is 0 Å². The van der Waals surface area contributed by atoms with E-state index in [0.717, 1.165) is 24.1 Å². The number of aryl methyl sites for hydroxylation is 1. The van der Waals surface area contributed by atoms with E-state index in [1.165, 1.54) is 19.9 Å². The van der Waals surface area contributed by atoms with Crippen LogP contribution in [0, 0.1) is 17.0 Å². The Hall–Kier alpha value is -3.87. The van der Waals surface area contributed by atoms with E-state index in [9.17, 15) is 28.1 Å². The zero-order valence-corrected chi connectivity index (χ0v) is 20.6. The summed E-state index contributed by atoms with van der Waals surface area (Å²) in [5.74, 6) is -0.812. The summed E-state index contributed by atoms with van der Waals surface area (Å²) in [7, 11) is -3.79. The van der Waals surface area contributed by atoms with E-state index in [1.807, 2.05) is 11.0 Å². The fourth-order valence-corrected chi connectivity index (χ4v) is 3.84. The number of rotatable bonds is 11. The quantitative estimate of drug-likeness (QED) is 0.192. The molecule has 0 heterocycles. The number of hydrogen-bond acceptors (Lipinski definition) is 11. The number of sulfone groups is 1. The number of nitro groups is 1. The second-order valence-corrected chi connectivity index (χ2v) is 9.50. The van der Waals surface area contributed by atoms with E-state index in [4.69, 9.17) is 9.47 Å². The number of azo groups is 1. The van der Waals surface area contributed by atoms with Gasteiger partial charge in [0.25, 0.3) is 5.69 Å². The number of ether oxygens (including phenoxy) is 2. The molecule has 2 aromatic rings. The molecule has 35 heavy (non-hydrogen) atoms. The summed E-state index contributed by atoms with van der Waals surface area (Å²) in [6.07, 6.45) is 0.936. The number of anilines is 1. The summed E-state index contributed by atoms with van der Waals surface area (Å²) in [6, 6.07) is 8.56. The van der Waals surface area contributed by atoms with Crippen LogP contribution in [0.2, 0.25) is 0 Å². The summed E-state index contributed by atoms with van der Waals surface area (Å²) in [4.78, 5) is 34.1. The number of carbonyl (C=O) groups excluding carboxylic acids is 2. The number of nitrogens with zero attached hydrogens (tertiary/aromatic N) is 4. The zero-order valence-electron chi connectivity index (χ0n) is 19.8. The Morgan fingerprint density at radius 3 is 2.00 bits per heavy atom. The van der Waals surface area contributed by atoms with Gasteiger partial charge in [-0.05, 0) is 36.8 Å². The molecule has 0 aliphatic heterocycles. The molecular weight excluding hydrogens is 480 g/mol. The van der Waals surface area contributed by atoms with E-state index < -0.39 is 26.7 Å². The predicted molar refractivity (Wildman–Crippen MR) is 127 cm³/mol. The van der Waals surface area contributed by atoms with Crippen LogP contribution < -0.4 is 4.90 Å². The second-order valence-electron chi connectivity index (χ2n) is 7.52. The lowest BCUT2D eigenvalue weighted by Crippen LogP contribution is -2.31. The normalized spacial score (nSPS) is 11.3. The molecule has 0 spiro atoms. The van der Waals surface area contributed by atoms with Gasteiger partial charge in [-0.25, -0.2) is 8.42 Å². The van der Waals surface area contributed by atoms with Crippen LogP contribution in [-0.2, 0) is 28.9 Å². The highest BCUT2D eigenvalue weighted by molar-refractivity contribution is 7.90. The summed E-state index contributed by atoms with van der Waals surface area (Å²) >= 11 is 0. The summed E-state index contributed by atoms with van der Waals surface area (Å²) in [6.45, 7) is 5.42. The zero-order chi connectivity index (χ0) is 26.2. The maximum Gasteiger partial charge on any atom is 0.302 e. The first kappa shape index (κ1) is 27.4. The fraction of sp³-hybridized carbons (Fsp3) is 0.364. The van der Waals surface area contributed by atoms with E-state index in [0.29, 0.717) is 24.3 Å². The molecule has 0 saturated carbocycles. The van der Waals surface area contributed by atoms with Gasteiger partial charge in [0.05, 0.1) is 23.7 Å². The topological polar surface area (TPSA) is 158 Å². The number of esters is 2. The molecule has 0 aliphatic rings. The third-order valence-electron chi connectivity index (χ3n) is 4.70. The Labute approximate surface area is 202 Å². The summed E-state index contributed by atoms with van der Waals surface area (Å²) in [5.41, 5.74) is 1.52. The average molecular weight is 507 g/mol. The maximum absolute atomic E-state index is 12.1. The Bertz CT molecular complexity index is 1220. The van der Waals surface area contributed by atoms with Crippen molar-refractivity contribution in [3.63, 3.8) is 0 Å². The molecule has 2 rings (SSSR count). The first-order valence-electron chi connectivity index (χ1n) is 10.4. The fourth-order valence-electron chi connectivity index (χ4n) is 3.02. The van der Waals surface area contributed by atoms with E-state index in [1.54, 1.807) is 19.1 Å². The number of benzene rings is 2. The van der Waals surface area contributed by atoms with Gasteiger partial charge in [-0.15, -0.1) is 5.11 Å². The minimum atomic E-state index is -3.79. The van der Waals surface area contributed by atoms with Crippen molar-refractivity contribution in [3.05, 3.63) is 52.1 Å². The molecule has 0 bridgehead atoms. The molecule has 0 unspecified atom stereocenters. The first-order chi connectivity index (χ1) is 16.4. The predicted octanol–water partition coefficient (Wildman–Crippen LogP) is 3.65. The van der Waals surface area contributed by atoms with Gasteiger partial charge in [-0.1, -0.05) is 0 Å². The molecule has 12 nitrogen and oxygen atoms in total. The van der Waals surface area contributed by atoms with Gasteiger partial charge in [-0.3, -0.25) is 19.7 Å². The van der Waals surface area contributed by atoms with Crippen LogP contribution in [-0.4, -0.2) is 57.8 Å².